The van der Waals surface area contributed by atoms with Crippen LogP contribution in [-0.2, 0) is 6.42 Å². The van der Waals surface area contributed by atoms with E-state index in [1.54, 1.807) is 11.3 Å². The van der Waals surface area contributed by atoms with Gasteiger partial charge in [-0.3, -0.25) is 0 Å². The van der Waals surface area contributed by atoms with Crippen molar-refractivity contribution in [3.8, 4) is 39.7 Å². The van der Waals surface area contributed by atoms with Crippen molar-refractivity contribution in [3.63, 3.8) is 0 Å². The van der Waals surface area contributed by atoms with Crippen LogP contribution in [0.5, 0.6) is 0 Å². The average molecular weight is 447 g/mol. The highest BCUT2D eigenvalue weighted by molar-refractivity contribution is 7.28. The SMILES string of the molecule is C=CCc1ccc(-c2ccc(-c3ccc(-c4ccc(-c5cccs5)s4)s3)s2)cc1. The fraction of sp³-hybridized carbons (Fsp3) is 0.0400. The molecule has 0 aliphatic rings. The minimum Gasteiger partial charge on any atom is -0.143 e. The zero-order valence-electron chi connectivity index (χ0n) is 15.6. The Hall–Kier alpha value is -2.24. The first kappa shape index (κ1) is 18.8. The van der Waals surface area contributed by atoms with Gasteiger partial charge in [0.1, 0.15) is 0 Å². The Morgan fingerprint density at radius 1 is 0.586 bits per heavy atom. The smallest absolute Gasteiger partial charge is 0.0449 e. The largest absolute Gasteiger partial charge is 0.143 e. The van der Waals surface area contributed by atoms with E-state index in [2.05, 4.69) is 84.8 Å². The van der Waals surface area contributed by atoms with E-state index in [0.717, 1.165) is 6.42 Å². The summed E-state index contributed by atoms with van der Waals surface area (Å²) in [6, 6.07) is 26.6. The summed E-state index contributed by atoms with van der Waals surface area (Å²) in [5, 5.41) is 2.14. The zero-order valence-corrected chi connectivity index (χ0v) is 18.9. The van der Waals surface area contributed by atoms with Crippen molar-refractivity contribution >= 4 is 45.3 Å². The molecule has 0 radical (unpaired) electrons. The Labute approximate surface area is 187 Å². The third kappa shape index (κ3) is 3.94. The molecule has 0 N–H and O–H groups in total. The highest BCUT2D eigenvalue weighted by atomic mass is 32.1. The van der Waals surface area contributed by atoms with Crippen LogP contribution < -0.4 is 0 Å². The van der Waals surface area contributed by atoms with Gasteiger partial charge in [-0.1, -0.05) is 36.4 Å². The van der Waals surface area contributed by atoms with Crippen LogP contribution in [0.15, 0.2) is 90.8 Å². The van der Waals surface area contributed by atoms with Crippen molar-refractivity contribution in [2.75, 3.05) is 0 Å². The molecule has 4 heteroatoms. The first-order valence-electron chi connectivity index (χ1n) is 9.34. The third-order valence-electron chi connectivity index (χ3n) is 4.69. The van der Waals surface area contributed by atoms with Gasteiger partial charge < -0.3 is 0 Å². The summed E-state index contributed by atoms with van der Waals surface area (Å²) >= 11 is 7.42. The molecule has 5 aromatic rings. The minimum absolute atomic E-state index is 0.921. The molecule has 0 saturated heterocycles. The second-order valence-corrected chi connectivity index (χ2v) is 10.9. The Morgan fingerprint density at radius 3 is 1.62 bits per heavy atom. The molecule has 1 aromatic carbocycles. The first-order chi connectivity index (χ1) is 14.3. The Kier molecular flexibility index (Phi) is 5.34. The van der Waals surface area contributed by atoms with E-state index in [1.165, 1.54) is 45.3 Å². The van der Waals surface area contributed by atoms with Crippen LogP contribution in [0.25, 0.3) is 39.7 Å². The maximum atomic E-state index is 3.82. The van der Waals surface area contributed by atoms with Gasteiger partial charge in [0.05, 0.1) is 0 Å². The molecule has 0 unspecified atom stereocenters. The standard InChI is InChI=1S/C25H18S4/c1-2-4-17-6-8-18(9-7-17)19-10-11-22(27-19)23-14-15-25(29-23)24-13-12-21(28-24)20-5-3-16-26-20/h2-3,5-16H,1,4H2. The topological polar surface area (TPSA) is 0 Å². The Morgan fingerprint density at radius 2 is 1.10 bits per heavy atom. The maximum Gasteiger partial charge on any atom is 0.0449 e. The van der Waals surface area contributed by atoms with Crippen LogP contribution in [0, 0.1) is 0 Å². The number of hydrogen-bond donors (Lipinski definition) is 0. The van der Waals surface area contributed by atoms with Crippen LogP contribution in [0.3, 0.4) is 0 Å². The Balaban J connectivity index is 1.38. The number of allylic oxidation sites excluding steroid dienone is 1. The molecule has 4 aromatic heterocycles. The van der Waals surface area contributed by atoms with Gasteiger partial charge in [0.25, 0.3) is 0 Å². The van der Waals surface area contributed by atoms with Gasteiger partial charge in [0, 0.05) is 34.1 Å². The summed E-state index contributed by atoms with van der Waals surface area (Å²) in [5.74, 6) is 0. The van der Waals surface area contributed by atoms with Gasteiger partial charge in [-0.15, -0.1) is 51.9 Å². The molecule has 5 rings (SSSR count). The summed E-state index contributed by atoms with van der Waals surface area (Å²) in [4.78, 5) is 9.38. The third-order valence-corrected chi connectivity index (χ3v) is 9.45. The number of rotatable bonds is 6. The molecule has 4 heterocycles. The second-order valence-electron chi connectivity index (χ2n) is 6.66. The van der Waals surface area contributed by atoms with Gasteiger partial charge >= 0.3 is 0 Å². The molecule has 0 saturated carbocycles. The number of hydrogen-bond acceptors (Lipinski definition) is 4. The average Bonchev–Trinajstić information content (AvgIpc) is 3.55. The van der Waals surface area contributed by atoms with Gasteiger partial charge in [-0.05, 0) is 65.4 Å². The van der Waals surface area contributed by atoms with Crippen LogP contribution in [0.2, 0.25) is 0 Å². The van der Waals surface area contributed by atoms with Crippen LogP contribution in [0.4, 0.5) is 0 Å². The molecule has 0 atom stereocenters. The molecule has 0 spiro atoms. The molecule has 0 fully saturated rings. The summed E-state index contributed by atoms with van der Waals surface area (Å²) in [5.41, 5.74) is 2.59. The van der Waals surface area contributed by atoms with Gasteiger partial charge in [0.15, 0.2) is 0 Å². The van der Waals surface area contributed by atoms with E-state index in [9.17, 15) is 0 Å². The Bertz CT molecular complexity index is 1230. The van der Waals surface area contributed by atoms with E-state index >= 15 is 0 Å². The summed E-state index contributed by atoms with van der Waals surface area (Å²) in [6.45, 7) is 3.82. The molecular formula is C25H18S4. The van der Waals surface area contributed by atoms with Crippen molar-refractivity contribution in [3.05, 3.63) is 96.4 Å². The van der Waals surface area contributed by atoms with Crippen molar-refractivity contribution < 1.29 is 0 Å². The first-order valence-corrected chi connectivity index (χ1v) is 12.7. The van der Waals surface area contributed by atoms with Gasteiger partial charge in [-0.25, -0.2) is 0 Å². The lowest BCUT2D eigenvalue weighted by atomic mass is 10.1. The lowest BCUT2D eigenvalue weighted by molar-refractivity contribution is 1.28. The van der Waals surface area contributed by atoms with Crippen LogP contribution in [0.1, 0.15) is 5.56 Å². The van der Waals surface area contributed by atoms with E-state index in [0.29, 0.717) is 0 Å². The van der Waals surface area contributed by atoms with Crippen LogP contribution in [-0.4, -0.2) is 0 Å². The highest BCUT2D eigenvalue weighted by Crippen LogP contribution is 2.43. The fourth-order valence-electron chi connectivity index (χ4n) is 3.22. The summed E-state index contributed by atoms with van der Waals surface area (Å²) in [7, 11) is 0. The van der Waals surface area contributed by atoms with Crippen molar-refractivity contribution in [1.82, 2.24) is 0 Å². The summed E-state index contributed by atoms with van der Waals surface area (Å²) in [6.07, 6.45) is 2.87. The van der Waals surface area contributed by atoms with E-state index in [-0.39, 0.29) is 0 Å². The van der Waals surface area contributed by atoms with Gasteiger partial charge in [0.2, 0.25) is 0 Å². The number of thiophene rings is 4. The lowest BCUT2D eigenvalue weighted by Gasteiger charge is -2.00. The normalized spacial score (nSPS) is 11.0. The maximum absolute atomic E-state index is 3.82. The minimum atomic E-state index is 0.921. The fourth-order valence-corrected chi connectivity index (χ4v) is 7.26. The predicted octanol–water partition coefficient (Wildman–Crippen LogP) is 9.33. The van der Waals surface area contributed by atoms with Crippen LogP contribution >= 0.6 is 45.3 Å². The molecule has 0 amide bonds. The second kappa shape index (κ2) is 8.25. The molecule has 0 nitrogen and oxygen atoms in total. The zero-order chi connectivity index (χ0) is 19.6. The quantitative estimate of drug-likeness (QED) is 0.228. The molecular weight excluding hydrogens is 429 g/mol. The summed E-state index contributed by atoms with van der Waals surface area (Å²) < 4.78 is 0. The van der Waals surface area contributed by atoms with E-state index < -0.39 is 0 Å². The number of benzene rings is 1. The molecule has 29 heavy (non-hydrogen) atoms. The molecule has 0 bridgehead atoms. The van der Waals surface area contributed by atoms with Crippen molar-refractivity contribution in [2.24, 2.45) is 0 Å². The molecule has 0 aliphatic heterocycles. The monoisotopic (exact) mass is 446 g/mol. The van der Waals surface area contributed by atoms with Gasteiger partial charge in [-0.2, -0.15) is 0 Å². The molecule has 0 aliphatic carbocycles. The van der Waals surface area contributed by atoms with Crippen molar-refractivity contribution in [1.29, 1.82) is 0 Å². The van der Waals surface area contributed by atoms with E-state index in [1.807, 2.05) is 40.1 Å². The lowest BCUT2D eigenvalue weighted by Crippen LogP contribution is -1.79. The highest BCUT2D eigenvalue weighted by Gasteiger charge is 2.11. The predicted molar refractivity (Wildman–Crippen MR) is 134 cm³/mol. The van der Waals surface area contributed by atoms with Crippen molar-refractivity contribution in [2.45, 2.75) is 6.42 Å². The van der Waals surface area contributed by atoms with E-state index in [4.69, 9.17) is 0 Å². The molecule has 142 valence electrons.